The van der Waals surface area contributed by atoms with Gasteiger partial charge in [-0.15, -0.1) is 0 Å². The van der Waals surface area contributed by atoms with Crippen molar-refractivity contribution in [3.05, 3.63) is 18.2 Å². The first-order chi connectivity index (χ1) is 12.0. The van der Waals surface area contributed by atoms with Crippen molar-refractivity contribution in [2.45, 2.75) is 17.7 Å². The number of nitrogens with one attached hydrogen (secondary N) is 4. The number of hydrogen-bond donors (Lipinski definition) is 4. The monoisotopic (exact) mass is 370 g/mol. The Kier molecular flexibility index (Phi) is 7.18. The summed E-state index contributed by atoms with van der Waals surface area (Å²) in [6.07, 6.45) is 1.77. The maximum atomic E-state index is 12.5. The maximum Gasteiger partial charge on any atom is 0.240 e. The average Bonchev–Trinajstić information content (AvgIpc) is 2.63. The van der Waals surface area contributed by atoms with Gasteiger partial charge in [0.05, 0.1) is 28.8 Å². The molecule has 25 heavy (non-hydrogen) atoms. The standard InChI is InChI=1S/C16H26N4O4S/c1-17-25(22,23)13-5-6-14(19-8-9-24-2)15(10-13)20-16(21)12-4-3-7-18-11-12/h5-6,10,12,17-19H,3-4,7-9,11H2,1-2H3,(H,20,21). The number of ether oxygens (including phenoxy) is 1. The molecule has 1 saturated heterocycles. The van der Waals surface area contributed by atoms with Crippen molar-refractivity contribution < 1.29 is 17.9 Å². The third-order valence-corrected chi connectivity index (χ3v) is 5.53. The van der Waals surface area contributed by atoms with Gasteiger partial charge >= 0.3 is 0 Å². The van der Waals surface area contributed by atoms with Crippen LogP contribution in [0.25, 0.3) is 0 Å². The van der Waals surface area contributed by atoms with Crippen LogP contribution in [0.1, 0.15) is 12.8 Å². The average molecular weight is 370 g/mol. The fourth-order valence-corrected chi connectivity index (χ4v) is 3.42. The van der Waals surface area contributed by atoms with Gasteiger partial charge in [-0.1, -0.05) is 0 Å². The summed E-state index contributed by atoms with van der Waals surface area (Å²) in [6.45, 7) is 2.59. The van der Waals surface area contributed by atoms with Crippen LogP contribution in [-0.4, -0.2) is 54.7 Å². The topological polar surface area (TPSA) is 109 Å². The van der Waals surface area contributed by atoms with E-state index < -0.39 is 10.0 Å². The molecular formula is C16H26N4O4S. The van der Waals surface area contributed by atoms with Crippen molar-refractivity contribution in [2.24, 2.45) is 5.92 Å². The van der Waals surface area contributed by atoms with Crippen LogP contribution < -0.4 is 20.7 Å². The molecular weight excluding hydrogens is 344 g/mol. The fourth-order valence-electron chi connectivity index (χ4n) is 2.66. The lowest BCUT2D eigenvalue weighted by Crippen LogP contribution is -2.37. The number of sulfonamides is 1. The molecule has 0 radical (unpaired) electrons. The minimum Gasteiger partial charge on any atom is -0.383 e. The van der Waals surface area contributed by atoms with E-state index in [4.69, 9.17) is 4.74 Å². The van der Waals surface area contributed by atoms with Crippen molar-refractivity contribution in [3.63, 3.8) is 0 Å². The molecule has 4 N–H and O–H groups in total. The number of anilines is 2. The van der Waals surface area contributed by atoms with E-state index in [1.807, 2.05) is 0 Å². The highest BCUT2D eigenvalue weighted by Crippen LogP contribution is 2.26. The Bertz CT molecular complexity index is 687. The molecule has 9 heteroatoms. The minimum atomic E-state index is -3.59. The highest BCUT2D eigenvalue weighted by atomic mass is 32.2. The molecule has 2 rings (SSSR count). The highest BCUT2D eigenvalue weighted by Gasteiger charge is 2.22. The fraction of sp³-hybridized carbons (Fsp3) is 0.562. The Morgan fingerprint density at radius 3 is 2.80 bits per heavy atom. The molecule has 0 saturated carbocycles. The third kappa shape index (κ3) is 5.40. The van der Waals surface area contributed by atoms with Crippen molar-refractivity contribution in [1.29, 1.82) is 0 Å². The lowest BCUT2D eigenvalue weighted by molar-refractivity contribution is -0.120. The molecule has 1 unspecified atom stereocenters. The van der Waals surface area contributed by atoms with Gasteiger partial charge in [0.25, 0.3) is 0 Å². The number of benzene rings is 1. The second-order valence-electron chi connectivity index (χ2n) is 5.87. The first-order valence-electron chi connectivity index (χ1n) is 8.30. The van der Waals surface area contributed by atoms with Crippen molar-refractivity contribution >= 4 is 27.3 Å². The molecule has 0 aromatic heterocycles. The van der Waals surface area contributed by atoms with Crippen molar-refractivity contribution in [1.82, 2.24) is 10.0 Å². The predicted molar refractivity (Wildman–Crippen MR) is 97.3 cm³/mol. The van der Waals surface area contributed by atoms with Gasteiger partial charge in [-0.2, -0.15) is 0 Å². The van der Waals surface area contributed by atoms with Gasteiger partial charge in [-0.25, -0.2) is 13.1 Å². The summed E-state index contributed by atoms with van der Waals surface area (Å²) in [5.41, 5.74) is 1.10. The number of carbonyl (C=O) groups excluding carboxylic acids is 1. The molecule has 0 aliphatic carbocycles. The number of rotatable bonds is 8. The van der Waals surface area contributed by atoms with E-state index in [9.17, 15) is 13.2 Å². The maximum absolute atomic E-state index is 12.5. The van der Waals surface area contributed by atoms with E-state index in [2.05, 4.69) is 20.7 Å². The molecule has 1 amide bonds. The summed E-state index contributed by atoms with van der Waals surface area (Å²) in [6, 6.07) is 4.61. The molecule has 140 valence electrons. The van der Waals surface area contributed by atoms with Crippen molar-refractivity contribution in [3.8, 4) is 0 Å². The summed E-state index contributed by atoms with van der Waals surface area (Å²) >= 11 is 0. The summed E-state index contributed by atoms with van der Waals surface area (Å²) in [4.78, 5) is 12.6. The van der Waals surface area contributed by atoms with Crippen LogP contribution in [0.15, 0.2) is 23.1 Å². The van der Waals surface area contributed by atoms with E-state index in [1.54, 1.807) is 13.2 Å². The van der Waals surface area contributed by atoms with Crippen molar-refractivity contribution in [2.75, 3.05) is 51.0 Å². The lowest BCUT2D eigenvalue weighted by atomic mass is 9.99. The lowest BCUT2D eigenvalue weighted by Gasteiger charge is -2.23. The Labute approximate surface area is 148 Å². The zero-order chi connectivity index (χ0) is 18.3. The Hall–Kier alpha value is -1.68. The van der Waals surface area contributed by atoms with Gasteiger partial charge < -0.3 is 20.7 Å². The van der Waals surface area contributed by atoms with E-state index >= 15 is 0 Å². The van der Waals surface area contributed by atoms with Gasteiger partial charge in [-0.05, 0) is 44.6 Å². The van der Waals surface area contributed by atoms with Crippen LogP contribution in [0.5, 0.6) is 0 Å². The molecule has 1 aromatic rings. The van der Waals surface area contributed by atoms with Gasteiger partial charge in [0, 0.05) is 20.2 Å². The highest BCUT2D eigenvalue weighted by molar-refractivity contribution is 7.89. The molecule has 1 aromatic carbocycles. The van der Waals surface area contributed by atoms with Gasteiger partial charge in [-0.3, -0.25) is 4.79 Å². The van der Waals surface area contributed by atoms with Crippen LogP contribution in [0.3, 0.4) is 0 Å². The van der Waals surface area contributed by atoms with Crippen LogP contribution in [0, 0.1) is 5.92 Å². The minimum absolute atomic E-state index is 0.101. The molecule has 1 fully saturated rings. The molecule has 0 spiro atoms. The van der Waals surface area contributed by atoms with Gasteiger partial charge in [0.1, 0.15) is 0 Å². The molecule has 1 atom stereocenters. The largest absolute Gasteiger partial charge is 0.383 e. The number of piperidine rings is 1. The normalized spacial score (nSPS) is 17.9. The van der Waals surface area contributed by atoms with Crippen LogP contribution in [-0.2, 0) is 19.6 Å². The molecule has 1 heterocycles. The zero-order valence-corrected chi connectivity index (χ0v) is 15.4. The second-order valence-corrected chi connectivity index (χ2v) is 7.75. The first kappa shape index (κ1) is 19.6. The first-order valence-corrected chi connectivity index (χ1v) is 9.78. The number of carbonyl (C=O) groups is 1. The van der Waals surface area contributed by atoms with E-state index in [0.29, 0.717) is 31.1 Å². The van der Waals surface area contributed by atoms with Crippen LogP contribution in [0.4, 0.5) is 11.4 Å². The summed E-state index contributed by atoms with van der Waals surface area (Å²) < 4.78 is 31.4. The molecule has 1 aliphatic rings. The number of amides is 1. The zero-order valence-electron chi connectivity index (χ0n) is 14.6. The number of methoxy groups -OCH3 is 1. The third-order valence-electron chi connectivity index (χ3n) is 4.12. The van der Waals surface area contributed by atoms with E-state index in [1.165, 1.54) is 19.2 Å². The number of hydrogen-bond acceptors (Lipinski definition) is 6. The van der Waals surface area contributed by atoms with Crippen LogP contribution >= 0.6 is 0 Å². The quantitative estimate of drug-likeness (QED) is 0.499. The van der Waals surface area contributed by atoms with Crippen LogP contribution in [0.2, 0.25) is 0 Å². The van der Waals surface area contributed by atoms with Gasteiger partial charge in [0.15, 0.2) is 0 Å². The van der Waals surface area contributed by atoms with Gasteiger partial charge in [0.2, 0.25) is 15.9 Å². The van der Waals surface area contributed by atoms with E-state index in [-0.39, 0.29) is 16.7 Å². The second kappa shape index (κ2) is 9.14. The van der Waals surface area contributed by atoms with E-state index in [0.717, 1.165) is 19.4 Å². The Morgan fingerprint density at radius 1 is 1.36 bits per heavy atom. The Morgan fingerprint density at radius 2 is 2.16 bits per heavy atom. The molecule has 8 nitrogen and oxygen atoms in total. The molecule has 1 aliphatic heterocycles. The summed E-state index contributed by atoms with van der Waals surface area (Å²) in [5, 5.41) is 9.22. The SMILES string of the molecule is CNS(=O)(=O)c1ccc(NCCOC)c(NC(=O)C2CCCNC2)c1. The summed E-state index contributed by atoms with van der Waals surface area (Å²) in [5.74, 6) is -0.230. The molecule has 0 bridgehead atoms. The summed E-state index contributed by atoms with van der Waals surface area (Å²) in [7, 11) is -0.636. The predicted octanol–water partition coefficient (Wildman–Crippen LogP) is 0.591. The Balaban J connectivity index is 2.23. The smallest absolute Gasteiger partial charge is 0.240 e.